The summed E-state index contributed by atoms with van der Waals surface area (Å²) in [5.74, 6) is -0.494. The number of aryl methyl sites for hydroxylation is 1. The predicted molar refractivity (Wildman–Crippen MR) is 63.7 cm³/mol. The van der Waals surface area contributed by atoms with Crippen LogP contribution in [0.2, 0.25) is 5.02 Å². The number of hydrogen-bond donors (Lipinski definition) is 1. The Labute approximate surface area is 97.1 Å². The number of rotatable bonds is 1. The second-order valence-electron chi connectivity index (χ2n) is 3.72. The van der Waals surface area contributed by atoms with Gasteiger partial charge in [0.05, 0.1) is 15.9 Å². The molecule has 0 unspecified atom stereocenters. The monoisotopic (exact) mass is 239 g/mol. The first-order valence-electron chi connectivity index (χ1n) is 5.05. The van der Waals surface area contributed by atoms with E-state index in [2.05, 4.69) is 4.98 Å². The van der Waals surface area contributed by atoms with Crippen LogP contribution in [0, 0.1) is 12.7 Å². The van der Waals surface area contributed by atoms with Gasteiger partial charge in [0.25, 0.3) is 0 Å². The molecule has 1 N–H and O–H groups in total. The number of halogens is 2. The minimum Gasteiger partial charge on any atom is -0.357 e. The van der Waals surface area contributed by atoms with Crippen LogP contribution in [0.5, 0.6) is 0 Å². The topological polar surface area (TPSA) is 32.9 Å². The molecule has 0 bridgehead atoms. The maximum atomic E-state index is 13.2. The molecule has 4 heteroatoms. The largest absolute Gasteiger partial charge is 0.357 e. The molecule has 0 aliphatic rings. The van der Waals surface area contributed by atoms with E-state index in [1.807, 2.05) is 6.92 Å². The Bertz CT molecular complexity index is 618. The smallest absolute Gasteiger partial charge is 0.192 e. The van der Waals surface area contributed by atoms with Gasteiger partial charge in [-0.2, -0.15) is 0 Å². The quantitative estimate of drug-likeness (QED) is 0.815. The third-order valence-electron chi connectivity index (χ3n) is 2.72. The van der Waals surface area contributed by atoms with Crippen molar-refractivity contribution in [3.8, 4) is 0 Å². The summed E-state index contributed by atoms with van der Waals surface area (Å²) < 4.78 is 13.2. The molecule has 16 heavy (non-hydrogen) atoms. The van der Waals surface area contributed by atoms with Gasteiger partial charge in [0.1, 0.15) is 5.82 Å². The molecule has 2 nitrogen and oxygen atoms in total. The van der Waals surface area contributed by atoms with E-state index in [4.69, 9.17) is 11.6 Å². The zero-order valence-electron chi connectivity index (χ0n) is 9.03. The highest BCUT2D eigenvalue weighted by Gasteiger charge is 2.10. The van der Waals surface area contributed by atoms with Gasteiger partial charge in [-0.1, -0.05) is 18.5 Å². The Balaban J connectivity index is 2.99. The van der Waals surface area contributed by atoms with E-state index < -0.39 is 5.82 Å². The minimum atomic E-state index is -0.494. The van der Waals surface area contributed by atoms with Gasteiger partial charge in [-0.05, 0) is 25.5 Å². The van der Waals surface area contributed by atoms with E-state index in [1.165, 1.54) is 12.1 Å². The van der Waals surface area contributed by atoms with Crippen molar-refractivity contribution in [2.24, 2.45) is 0 Å². The molecular formula is C12H11ClFNO. The molecule has 0 aliphatic carbocycles. The van der Waals surface area contributed by atoms with Crippen molar-refractivity contribution < 1.29 is 4.39 Å². The fraction of sp³-hybridized carbons (Fsp3) is 0.250. The molecule has 0 saturated carbocycles. The van der Waals surface area contributed by atoms with Crippen LogP contribution in [-0.4, -0.2) is 4.98 Å². The van der Waals surface area contributed by atoms with Crippen molar-refractivity contribution in [1.29, 1.82) is 0 Å². The lowest BCUT2D eigenvalue weighted by atomic mass is 10.1. The van der Waals surface area contributed by atoms with Gasteiger partial charge >= 0.3 is 0 Å². The van der Waals surface area contributed by atoms with Crippen LogP contribution in [0.15, 0.2) is 16.9 Å². The Morgan fingerprint density at radius 1 is 1.44 bits per heavy atom. The minimum absolute atomic E-state index is 0.160. The van der Waals surface area contributed by atoms with E-state index in [0.29, 0.717) is 22.9 Å². The summed E-state index contributed by atoms with van der Waals surface area (Å²) in [4.78, 5) is 15.0. The molecule has 1 aromatic heterocycles. The van der Waals surface area contributed by atoms with Gasteiger partial charge in [0.15, 0.2) is 5.43 Å². The first-order chi connectivity index (χ1) is 7.54. The number of nitrogens with one attached hydrogen (secondary N) is 1. The highest BCUT2D eigenvalue weighted by atomic mass is 35.5. The summed E-state index contributed by atoms with van der Waals surface area (Å²) >= 11 is 5.91. The lowest BCUT2D eigenvalue weighted by molar-refractivity contribution is 0.629. The van der Waals surface area contributed by atoms with Gasteiger partial charge in [-0.25, -0.2) is 4.39 Å². The molecule has 0 aliphatic heterocycles. The second-order valence-corrected chi connectivity index (χ2v) is 4.13. The summed E-state index contributed by atoms with van der Waals surface area (Å²) in [6, 6.07) is 2.42. The van der Waals surface area contributed by atoms with E-state index in [0.717, 1.165) is 5.69 Å². The number of H-pyrrole nitrogens is 1. The predicted octanol–water partition coefficient (Wildman–Crippen LogP) is 3.19. The lowest BCUT2D eigenvalue weighted by Gasteiger charge is -2.07. The van der Waals surface area contributed by atoms with Crippen LogP contribution in [0.25, 0.3) is 10.9 Å². The molecule has 0 spiro atoms. The van der Waals surface area contributed by atoms with E-state index in [9.17, 15) is 9.18 Å². The summed E-state index contributed by atoms with van der Waals surface area (Å²) in [5.41, 5.74) is 1.81. The molecule has 0 fully saturated rings. The number of fused-ring (bicyclic) bond motifs is 1. The Hall–Kier alpha value is -1.35. The molecule has 1 aromatic carbocycles. The third-order valence-corrected chi connectivity index (χ3v) is 3.02. The highest BCUT2D eigenvalue weighted by molar-refractivity contribution is 6.35. The average Bonchev–Trinajstić information content (AvgIpc) is 2.24. The van der Waals surface area contributed by atoms with Gasteiger partial charge in [-0.3, -0.25) is 4.79 Å². The van der Waals surface area contributed by atoms with Gasteiger partial charge in [-0.15, -0.1) is 0 Å². The molecule has 84 valence electrons. The van der Waals surface area contributed by atoms with E-state index in [-0.39, 0.29) is 10.5 Å². The van der Waals surface area contributed by atoms with E-state index >= 15 is 0 Å². The zero-order valence-corrected chi connectivity index (χ0v) is 9.78. The summed E-state index contributed by atoms with van der Waals surface area (Å²) in [6.07, 6.45) is 0.713. The molecule has 0 atom stereocenters. The summed E-state index contributed by atoms with van der Waals surface area (Å²) in [5, 5.41) is 0.543. The first kappa shape index (κ1) is 11.1. The zero-order chi connectivity index (χ0) is 11.9. The molecular weight excluding hydrogens is 229 g/mol. The normalized spacial score (nSPS) is 11.0. The van der Waals surface area contributed by atoms with Crippen molar-refractivity contribution in [2.45, 2.75) is 20.3 Å². The van der Waals surface area contributed by atoms with Gasteiger partial charge in [0.2, 0.25) is 0 Å². The number of benzene rings is 1. The lowest BCUT2D eigenvalue weighted by Crippen LogP contribution is -2.11. The number of hydrogen-bond acceptors (Lipinski definition) is 1. The number of aromatic amines is 1. The fourth-order valence-electron chi connectivity index (χ4n) is 1.82. The maximum Gasteiger partial charge on any atom is 0.192 e. The molecule has 0 saturated heterocycles. The van der Waals surface area contributed by atoms with E-state index in [1.54, 1.807) is 6.92 Å². The summed E-state index contributed by atoms with van der Waals surface area (Å²) in [7, 11) is 0. The Morgan fingerprint density at radius 3 is 2.75 bits per heavy atom. The third kappa shape index (κ3) is 1.61. The molecule has 1 heterocycles. The van der Waals surface area contributed by atoms with Crippen molar-refractivity contribution >= 4 is 22.5 Å². The van der Waals surface area contributed by atoms with Crippen LogP contribution in [0.4, 0.5) is 4.39 Å². The first-order valence-corrected chi connectivity index (χ1v) is 5.43. The van der Waals surface area contributed by atoms with Crippen LogP contribution < -0.4 is 5.43 Å². The van der Waals surface area contributed by atoms with Crippen LogP contribution in [0.3, 0.4) is 0 Å². The highest BCUT2D eigenvalue weighted by Crippen LogP contribution is 2.22. The molecule has 2 rings (SSSR count). The Kier molecular flexibility index (Phi) is 2.72. The van der Waals surface area contributed by atoms with Crippen molar-refractivity contribution in [3.05, 3.63) is 44.5 Å². The second kappa shape index (κ2) is 3.91. The standard InChI is InChI=1S/C12H11ClFNO/c1-3-10-6(2)12(16)8-4-7(14)5-9(13)11(8)15-10/h4-5H,3H2,1-2H3,(H,15,16). The van der Waals surface area contributed by atoms with Crippen molar-refractivity contribution in [3.63, 3.8) is 0 Å². The van der Waals surface area contributed by atoms with Crippen LogP contribution >= 0.6 is 11.6 Å². The average molecular weight is 240 g/mol. The maximum absolute atomic E-state index is 13.2. The van der Waals surface area contributed by atoms with Crippen LogP contribution in [0.1, 0.15) is 18.2 Å². The molecule has 2 aromatic rings. The Morgan fingerprint density at radius 2 is 2.12 bits per heavy atom. The van der Waals surface area contributed by atoms with Crippen molar-refractivity contribution in [1.82, 2.24) is 4.98 Å². The molecule has 0 radical (unpaired) electrons. The molecule has 0 amide bonds. The van der Waals surface area contributed by atoms with Gasteiger partial charge in [0, 0.05) is 11.3 Å². The SMILES string of the molecule is CCc1[nH]c2c(Cl)cc(F)cc2c(=O)c1C. The van der Waals surface area contributed by atoms with Crippen molar-refractivity contribution in [2.75, 3.05) is 0 Å². The number of aromatic nitrogens is 1. The van der Waals surface area contributed by atoms with Crippen LogP contribution in [-0.2, 0) is 6.42 Å². The van der Waals surface area contributed by atoms with Gasteiger partial charge < -0.3 is 4.98 Å². The number of pyridine rings is 1. The summed E-state index contributed by atoms with van der Waals surface area (Å²) in [6.45, 7) is 3.68. The fourth-order valence-corrected chi connectivity index (χ4v) is 2.07.